The number of nitrogens with zero attached hydrogens (tertiary/aromatic N) is 3. The van der Waals surface area contributed by atoms with Gasteiger partial charge in [-0.2, -0.15) is 0 Å². The van der Waals surface area contributed by atoms with Crippen LogP contribution in [0.4, 0.5) is 4.79 Å². The Kier molecular flexibility index (Phi) is 13.0. The molecule has 0 spiro atoms. The third-order valence-corrected chi connectivity index (χ3v) is 5.34. The van der Waals surface area contributed by atoms with Gasteiger partial charge in [0.2, 0.25) is 0 Å². The number of ether oxygens (including phenoxy) is 1. The van der Waals surface area contributed by atoms with Gasteiger partial charge in [0.15, 0.2) is 5.96 Å². The molecule has 1 fully saturated rings. The van der Waals surface area contributed by atoms with Gasteiger partial charge in [0.05, 0.1) is 18.3 Å². The topological polar surface area (TPSA) is 90.9 Å². The Morgan fingerprint density at radius 3 is 2.52 bits per heavy atom. The highest BCUT2D eigenvalue weighted by molar-refractivity contribution is 14.0. The van der Waals surface area contributed by atoms with Crippen molar-refractivity contribution >= 4 is 36.0 Å². The van der Waals surface area contributed by atoms with E-state index >= 15 is 0 Å². The lowest BCUT2D eigenvalue weighted by Gasteiger charge is -2.33. The summed E-state index contributed by atoms with van der Waals surface area (Å²) in [5, 5.41) is 9.88. The fraction of sp³-hybridized carbons (Fsp3) is 0.708. The molecule has 188 valence electrons. The molecule has 3 N–H and O–H groups in total. The number of hydrogen-bond acceptors (Lipinski definition) is 5. The van der Waals surface area contributed by atoms with Crippen LogP contribution >= 0.6 is 24.0 Å². The summed E-state index contributed by atoms with van der Waals surface area (Å²) < 4.78 is 5.41. The summed E-state index contributed by atoms with van der Waals surface area (Å²) in [5.74, 6) is 1.04. The van der Waals surface area contributed by atoms with Gasteiger partial charge >= 0.3 is 6.09 Å². The van der Waals surface area contributed by atoms with E-state index in [-0.39, 0.29) is 35.9 Å². The lowest BCUT2D eigenvalue weighted by Crippen LogP contribution is -2.49. The molecule has 2 rings (SSSR count). The highest BCUT2D eigenvalue weighted by Crippen LogP contribution is 2.13. The molecule has 1 saturated heterocycles. The maximum absolute atomic E-state index is 12.2. The molecule has 0 bridgehead atoms. The van der Waals surface area contributed by atoms with Crippen molar-refractivity contribution in [2.45, 2.75) is 78.6 Å². The summed E-state index contributed by atoms with van der Waals surface area (Å²) in [5.41, 5.74) is 0.600. The number of rotatable bonds is 8. The van der Waals surface area contributed by atoms with Crippen LogP contribution in [0.2, 0.25) is 0 Å². The SMILES string of the molecule is CCNC(=NCC(NC(=O)OC(C)(C)C)C(C)C)NC1CCN(Cc2ccccn2)CC1.I. The molecule has 1 aliphatic rings. The molecule has 8 nitrogen and oxygen atoms in total. The maximum Gasteiger partial charge on any atom is 0.407 e. The minimum atomic E-state index is -0.517. The van der Waals surface area contributed by atoms with Gasteiger partial charge in [-0.25, -0.2) is 4.79 Å². The van der Waals surface area contributed by atoms with Crippen LogP contribution in [0.1, 0.15) is 60.1 Å². The van der Waals surface area contributed by atoms with E-state index in [4.69, 9.17) is 9.73 Å². The Balaban J connectivity index is 0.00000544. The number of pyridine rings is 1. The van der Waals surface area contributed by atoms with Crippen molar-refractivity contribution in [1.82, 2.24) is 25.8 Å². The van der Waals surface area contributed by atoms with E-state index in [2.05, 4.69) is 52.7 Å². The van der Waals surface area contributed by atoms with E-state index in [1.807, 2.05) is 39.1 Å². The van der Waals surface area contributed by atoms with E-state index in [1.54, 1.807) is 0 Å². The van der Waals surface area contributed by atoms with E-state index in [0.29, 0.717) is 12.6 Å². The fourth-order valence-corrected chi connectivity index (χ4v) is 3.54. The zero-order valence-corrected chi connectivity index (χ0v) is 23.4. The highest BCUT2D eigenvalue weighted by atomic mass is 127. The number of amides is 1. The van der Waals surface area contributed by atoms with Crippen LogP contribution in [-0.2, 0) is 11.3 Å². The smallest absolute Gasteiger partial charge is 0.407 e. The van der Waals surface area contributed by atoms with Gasteiger partial charge in [-0.1, -0.05) is 19.9 Å². The molecule has 1 aromatic rings. The Hall–Kier alpha value is -1.62. The van der Waals surface area contributed by atoms with Crippen molar-refractivity contribution in [3.05, 3.63) is 30.1 Å². The van der Waals surface area contributed by atoms with Gasteiger partial charge in [0.25, 0.3) is 0 Å². The fourth-order valence-electron chi connectivity index (χ4n) is 3.54. The lowest BCUT2D eigenvalue weighted by atomic mass is 10.0. The van der Waals surface area contributed by atoms with Gasteiger partial charge in [0, 0.05) is 38.4 Å². The summed E-state index contributed by atoms with van der Waals surface area (Å²) in [4.78, 5) is 23.8. The van der Waals surface area contributed by atoms with Crippen LogP contribution in [0.5, 0.6) is 0 Å². The predicted molar refractivity (Wildman–Crippen MR) is 145 cm³/mol. The molecule has 2 heterocycles. The Labute approximate surface area is 216 Å². The summed E-state index contributed by atoms with van der Waals surface area (Å²) in [7, 11) is 0. The summed E-state index contributed by atoms with van der Waals surface area (Å²) >= 11 is 0. The van der Waals surface area contributed by atoms with Crippen LogP contribution in [0.25, 0.3) is 0 Å². The second-order valence-corrected chi connectivity index (χ2v) is 9.73. The number of nitrogens with one attached hydrogen (secondary N) is 3. The van der Waals surface area contributed by atoms with Crippen LogP contribution in [0, 0.1) is 5.92 Å². The zero-order valence-electron chi connectivity index (χ0n) is 21.1. The summed E-state index contributed by atoms with van der Waals surface area (Å²) in [6.07, 6.45) is 3.57. The van der Waals surface area contributed by atoms with Crippen molar-refractivity contribution in [3.8, 4) is 0 Å². The van der Waals surface area contributed by atoms with Gasteiger partial charge in [-0.15, -0.1) is 24.0 Å². The Morgan fingerprint density at radius 1 is 1.27 bits per heavy atom. The normalized spacial score (nSPS) is 16.6. The molecule has 0 aliphatic carbocycles. The van der Waals surface area contributed by atoms with Gasteiger partial charge in [0.1, 0.15) is 5.60 Å². The van der Waals surface area contributed by atoms with Crippen LogP contribution < -0.4 is 16.0 Å². The Morgan fingerprint density at radius 2 is 1.97 bits per heavy atom. The molecule has 1 atom stereocenters. The van der Waals surface area contributed by atoms with Gasteiger partial charge < -0.3 is 20.7 Å². The largest absolute Gasteiger partial charge is 0.444 e. The molecule has 0 aromatic carbocycles. The molecule has 1 unspecified atom stereocenters. The van der Waals surface area contributed by atoms with Gasteiger partial charge in [-0.05, 0) is 58.6 Å². The average molecular weight is 575 g/mol. The van der Waals surface area contributed by atoms with Crippen LogP contribution in [0.15, 0.2) is 29.4 Å². The summed E-state index contributed by atoms with van der Waals surface area (Å²) in [6, 6.07) is 6.35. The first-order valence-electron chi connectivity index (χ1n) is 11.8. The molecule has 9 heteroatoms. The molecule has 1 amide bonds. The Bertz CT molecular complexity index is 715. The first-order chi connectivity index (χ1) is 15.2. The van der Waals surface area contributed by atoms with Crippen molar-refractivity contribution in [3.63, 3.8) is 0 Å². The predicted octanol–water partition coefficient (Wildman–Crippen LogP) is 3.77. The minimum Gasteiger partial charge on any atom is -0.444 e. The number of piperidine rings is 1. The van der Waals surface area contributed by atoms with Crippen molar-refractivity contribution in [2.24, 2.45) is 10.9 Å². The van der Waals surface area contributed by atoms with Gasteiger partial charge in [-0.3, -0.25) is 14.9 Å². The second kappa shape index (κ2) is 14.6. The zero-order chi connectivity index (χ0) is 23.6. The standard InChI is InChI=1S/C24H42N6O2.HI/c1-7-25-22(27-16-21(18(2)3)29-23(31)32-24(4,5)6)28-19-11-14-30(15-12-19)17-20-10-8-9-13-26-20;/h8-10,13,18-19,21H,7,11-12,14-17H2,1-6H3,(H,29,31)(H2,25,27,28);1H. The molecule has 33 heavy (non-hydrogen) atoms. The number of halogens is 1. The number of guanidine groups is 1. The molecule has 1 aromatic heterocycles. The number of likely N-dealkylation sites (tertiary alicyclic amines) is 1. The molecule has 0 radical (unpaired) electrons. The lowest BCUT2D eigenvalue weighted by molar-refractivity contribution is 0.0493. The number of alkyl carbamates (subject to hydrolysis) is 1. The summed E-state index contributed by atoms with van der Waals surface area (Å²) in [6.45, 7) is 16.0. The number of hydrogen-bond donors (Lipinski definition) is 3. The molecule has 0 saturated carbocycles. The third-order valence-electron chi connectivity index (χ3n) is 5.34. The van der Waals surface area contributed by atoms with E-state index in [0.717, 1.165) is 50.7 Å². The van der Waals surface area contributed by atoms with E-state index in [9.17, 15) is 4.79 Å². The third kappa shape index (κ3) is 11.9. The maximum atomic E-state index is 12.2. The molecular formula is C24H43IN6O2. The van der Waals surface area contributed by atoms with Crippen molar-refractivity contribution in [1.29, 1.82) is 0 Å². The van der Waals surface area contributed by atoms with E-state index < -0.39 is 11.7 Å². The monoisotopic (exact) mass is 574 g/mol. The number of aliphatic imine (C=N–C) groups is 1. The number of carbonyl (C=O) groups is 1. The molecular weight excluding hydrogens is 531 g/mol. The number of aromatic nitrogens is 1. The van der Waals surface area contributed by atoms with E-state index in [1.165, 1.54) is 0 Å². The first kappa shape index (κ1) is 29.4. The average Bonchev–Trinajstić information content (AvgIpc) is 2.71. The second-order valence-electron chi connectivity index (χ2n) is 9.73. The van der Waals surface area contributed by atoms with Crippen LogP contribution in [0.3, 0.4) is 0 Å². The highest BCUT2D eigenvalue weighted by Gasteiger charge is 2.23. The quantitative estimate of drug-likeness (QED) is 0.249. The minimum absolute atomic E-state index is 0. The van der Waals surface area contributed by atoms with Crippen molar-refractivity contribution < 1.29 is 9.53 Å². The van der Waals surface area contributed by atoms with Crippen molar-refractivity contribution in [2.75, 3.05) is 26.2 Å². The van der Waals surface area contributed by atoms with Crippen LogP contribution in [-0.4, -0.2) is 65.8 Å². The first-order valence-corrected chi connectivity index (χ1v) is 11.8. The molecule has 1 aliphatic heterocycles. The number of carbonyl (C=O) groups excluding carboxylic acids is 1.